The SMILES string of the molecule is CC(C)[C@@](C)(C#N)NC(=O)CNc1cccc(-c2nnnn2C)c1. The van der Waals surface area contributed by atoms with Gasteiger partial charge in [0.15, 0.2) is 5.82 Å². The van der Waals surface area contributed by atoms with Gasteiger partial charge in [-0.2, -0.15) is 5.26 Å². The van der Waals surface area contributed by atoms with Gasteiger partial charge in [0.25, 0.3) is 0 Å². The van der Waals surface area contributed by atoms with Crippen LogP contribution >= 0.6 is 0 Å². The van der Waals surface area contributed by atoms with E-state index < -0.39 is 5.54 Å². The molecule has 0 spiro atoms. The molecule has 0 saturated heterocycles. The zero-order valence-corrected chi connectivity index (χ0v) is 14.2. The number of tetrazole rings is 1. The number of aryl methyl sites for hydroxylation is 1. The smallest absolute Gasteiger partial charge is 0.240 e. The maximum absolute atomic E-state index is 12.1. The molecule has 1 aromatic carbocycles. The van der Waals surface area contributed by atoms with Gasteiger partial charge in [-0.3, -0.25) is 4.79 Å². The second kappa shape index (κ2) is 7.08. The Morgan fingerprint density at radius 3 is 2.79 bits per heavy atom. The largest absolute Gasteiger partial charge is 0.376 e. The number of nitrogens with zero attached hydrogens (tertiary/aromatic N) is 5. The van der Waals surface area contributed by atoms with Crippen molar-refractivity contribution in [2.45, 2.75) is 26.3 Å². The van der Waals surface area contributed by atoms with Gasteiger partial charge in [0, 0.05) is 18.3 Å². The molecule has 1 amide bonds. The van der Waals surface area contributed by atoms with E-state index in [4.69, 9.17) is 0 Å². The predicted molar refractivity (Wildman–Crippen MR) is 89.7 cm³/mol. The van der Waals surface area contributed by atoms with Crippen LogP contribution in [0.15, 0.2) is 24.3 Å². The number of carbonyl (C=O) groups excluding carboxylic acids is 1. The van der Waals surface area contributed by atoms with Crippen molar-refractivity contribution >= 4 is 11.6 Å². The summed E-state index contributed by atoms with van der Waals surface area (Å²) < 4.78 is 1.58. The summed E-state index contributed by atoms with van der Waals surface area (Å²) in [6.45, 7) is 5.59. The molecule has 0 fully saturated rings. The minimum Gasteiger partial charge on any atom is -0.376 e. The van der Waals surface area contributed by atoms with Crippen molar-refractivity contribution in [2.75, 3.05) is 11.9 Å². The minimum atomic E-state index is -0.884. The van der Waals surface area contributed by atoms with Crippen LogP contribution in [-0.2, 0) is 11.8 Å². The lowest BCUT2D eigenvalue weighted by Gasteiger charge is -2.27. The van der Waals surface area contributed by atoms with Gasteiger partial charge in [0.2, 0.25) is 5.91 Å². The van der Waals surface area contributed by atoms with Gasteiger partial charge in [0.1, 0.15) is 5.54 Å². The maximum atomic E-state index is 12.1. The van der Waals surface area contributed by atoms with E-state index >= 15 is 0 Å². The van der Waals surface area contributed by atoms with Crippen molar-refractivity contribution < 1.29 is 4.79 Å². The third-order valence-electron chi connectivity index (χ3n) is 3.98. The van der Waals surface area contributed by atoms with E-state index in [1.165, 1.54) is 0 Å². The summed E-state index contributed by atoms with van der Waals surface area (Å²) in [5.74, 6) is 0.414. The standard InChI is InChI=1S/C16H21N7O/c1-11(2)16(3,10-17)19-14(24)9-18-13-7-5-6-12(8-13)15-20-21-22-23(15)4/h5-8,11,18H,9H2,1-4H3,(H,19,24)/t16-/m1/s1. The first-order chi connectivity index (χ1) is 11.4. The molecule has 0 aliphatic rings. The number of hydrogen-bond donors (Lipinski definition) is 2. The summed E-state index contributed by atoms with van der Waals surface area (Å²) >= 11 is 0. The molecule has 0 unspecified atom stereocenters. The Kier molecular flexibility index (Phi) is 5.14. The Morgan fingerprint density at radius 1 is 1.46 bits per heavy atom. The summed E-state index contributed by atoms with van der Waals surface area (Å²) in [5.41, 5.74) is 0.732. The zero-order valence-electron chi connectivity index (χ0n) is 14.2. The fourth-order valence-corrected chi connectivity index (χ4v) is 2.06. The topological polar surface area (TPSA) is 109 Å². The van der Waals surface area contributed by atoms with Gasteiger partial charge in [-0.05, 0) is 35.4 Å². The van der Waals surface area contributed by atoms with Gasteiger partial charge < -0.3 is 10.6 Å². The highest BCUT2D eigenvalue weighted by molar-refractivity contribution is 5.82. The van der Waals surface area contributed by atoms with Gasteiger partial charge in [-0.25, -0.2) is 4.68 Å². The average Bonchev–Trinajstić information content (AvgIpc) is 2.99. The highest BCUT2D eigenvalue weighted by atomic mass is 16.2. The Morgan fingerprint density at radius 2 is 2.21 bits per heavy atom. The maximum Gasteiger partial charge on any atom is 0.240 e. The Labute approximate surface area is 140 Å². The quantitative estimate of drug-likeness (QED) is 0.829. The number of anilines is 1. The predicted octanol–water partition coefficient (Wildman–Crippen LogP) is 1.34. The van der Waals surface area contributed by atoms with Crippen molar-refractivity contribution in [2.24, 2.45) is 13.0 Å². The molecule has 0 bridgehead atoms. The highest BCUT2D eigenvalue weighted by Gasteiger charge is 2.29. The normalized spacial score (nSPS) is 13.2. The number of amides is 1. The van der Waals surface area contributed by atoms with Crippen molar-refractivity contribution in [3.8, 4) is 17.5 Å². The molecule has 126 valence electrons. The number of nitrogens with one attached hydrogen (secondary N) is 2. The second-order valence-corrected chi connectivity index (χ2v) is 6.08. The number of rotatable bonds is 6. The summed E-state index contributed by atoms with van der Waals surface area (Å²) in [6.07, 6.45) is 0. The second-order valence-electron chi connectivity index (χ2n) is 6.08. The Hall–Kier alpha value is -2.95. The lowest BCUT2D eigenvalue weighted by molar-refractivity contribution is -0.121. The van der Waals surface area contributed by atoms with Crippen LogP contribution in [-0.4, -0.2) is 38.2 Å². The van der Waals surface area contributed by atoms with Gasteiger partial charge in [-0.15, -0.1) is 5.10 Å². The molecule has 2 aromatic rings. The average molecular weight is 327 g/mol. The first kappa shape index (κ1) is 17.4. The summed E-state index contributed by atoms with van der Waals surface area (Å²) in [7, 11) is 1.76. The van der Waals surface area contributed by atoms with Crippen molar-refractivity contribution in [3.05, 3.63) is 24.3 Å². The van der Waals surface area contributed by atoms with Crippen LogP contribution in [0, 0.1) is 17.2 Å². The van der Waals surface area contributed by atoms with Crippen LogP contribution < -0.4 is 10.6 Å². The molecule has 1 aromatic heterocycles. The molecular formula is C16H21N7O. The molecule has 2 rings (SSSR count). The van der Waals surface area contributed by atoms with Crippen molar-refractivity contribution in [3.63, 3.8) is 0 Å². The molecule has 0 aliphatic heterocycles. The number of nitriles is 1. The van der Waals surface area contributed by atoms with Gasteiger partial charge in [-0.1, -0.05) is 26.0 Å². The van der Waals surface area contributed by atoms with Crippen LogP contribution in [0.1, 0.15) is 20.8 Å². The first-order valence-electron chi connectivity index (χ1n) is 7.64. The molecule has 8 heteroatoms. The van der Waals surface area contributed by atoms with E-state index in [1.54, 1.807) is 18.7 Å². The molecule has 0 aliphatic carbocycles. The minimum absolute atomic E-state index is 0.0122. The molecule has 1 heterocycles. The van der Waals surface area contributed by atoms with Crippen LogP contribution in [0.2, 0.25) is 0 Å². The molecule has 0 saturated carbocycles. The fourth-order valence-electron chi connectivity index (χ4n) is 2.06. The molecule has 8 nitrogen and oxygen atoms in total. The van der Waals surface area contributed by atoms with Crippen molar-refractivity contribution in [1.29, 1.82) is 5.26 Å². The Balaban J connectivity index is 2.02. The van der Waals surface area contributed by atoms with Crippen LogP contribution in [0.25, 0.3) is 11.4 Å². The lowest BCUT2D eigenvalue weighted by atomic mass is 9.90. The van der Waals surface area contributed by atoms with Crippen LogP contribution in [0.5, 0.6) is 0 Å². The van der Waals surface area contributed by atoms with Crippen LogP contribution in [0.3, 0.4) is 0 Å². The summed E-state index contributed by atoms with van der Waals surface area (Å²) in [6, 6.07) is 9.63. The van der Waals surface area contributed by atoms with Gasteiger partial charge >= 0.3 is 0 Å². The number of benzene rings is 1. The Bertz CT molecular complexity index is 762. The number of aromatic nitrogens is 4. The zero-order chi connectivity index (χ0) is 17.7. The summed E-state index contributed by atoms with van der Waals surface area (Å²) in [4.78, 5) is 12.1. The first-order valence-corrected chi connectivity index (χ1v) is 7.64. The molecular weight excluding hydrogens is 306 g/mol. The van der Waals surface area contributed by atoms with E-state index in [-0.39, 0.29) is 18.4 Å². The fraction of sp³-hybridized carbons (Fsp3) is 0.438. The summed E-state index contributed by atoms with van der Waals surface area (Å²) in [5, 5.41) is 26.4. The van der Waals surface area contributed by atoms with Gasteiger partial charge in [0.05, 0.1) is 12.6 Å². The monoisotopic (exact) mass is 327 g/mol. The van der Waals surface area contributed by atoms with E-state index in [0.717, 1.165) is 11.3 Å². The number of carbonyl (C=O) groups is 1. The van der Waals surface area contributed by atoms with Crippen LogP contribution in [0.4, 0.5) is 5.69 Å². The molecule has 0 radical (unpaired) electrons. The highest BCUT2D eigenvalue weighted by Crippen LogP contribution is 2.19. The third-order valence-corrected chi connectivity index (χ3v) is 3.98. The molecule has 1 atom stereocenters. The van der Waals surface area contributed by atoms with E-state index in [0.29, 0.717) is 5.82 Å². The molecule has 24 heavy (non-hydrogen) atoms. The van der Waals surface area contributed by atoms with Crippen molar-refractivity contribution in [1.82, 2.24) is 25.5 Å². The molecule has 2 N–H and O–H groups in total. The van der Waals surface area contributed by atoms with E-state index in [1.807, 2.05) is 38.1 Å². The lowest BCUT2D eigenvalue weighted by Crippen LogP contribution is -2.50. The van der Waals surface area contributed by atoms with E-state index in [2.05, 4.69) is 32.2 Å². The third kappa shape index (κ3) is 3.87. The number of hydrogen-bond acceptors (Lipinski definition) is 6. The van der Waals surface area contributed by atoms with E-state index in [9.17, 15) is 10.1 Å².